The number of amides is 1. The first kappa shape index (κ1) is 19.2. The van der Waals surface area contributed by atoms with Crippen LogP contribution in [0.15, 0.2) is 42.5 Å². The van der Waals surface area contributed by atoms with Gasteiger partial charge in [0.1, 0.15) is 0 Å². The number of carbonyl (C=O) groups is 1. The molecular formula is C20H25N3O3S. The lowest BCUT2D eigenvalue weighted by Crippen LogP contribution is -2.42. The molecule has 6 nitrogen and oxygen atoms in total. The molecule has 0 unspecified atom stereocenters. The predicted molar refractivity (Wildman–Crippen MR) is 109 cm³/mol. The van der Waals surface area contributed by atoms with Crippen LogP contribution in [0.5, 0.6) is 0 Å². The van der Waals surface area contributed by atoms with Crippen molar-refractivity contribution in [2.24, 2.45) is 0 Å². The number of hydrogen-bond acceptors (Lipinski definition) is 4. The maximum absolute atomic E-state index is 12.7. The summed E-state index contributed by atoms with van der Waals surface area (Å²) in [5, 5.41) is 1.79. The first-order valence-electron chi connectivity index (χ1n) is 8.98. The lowest BCUT2D eigenvalue weighted by atomic mass is 10.1. The van der Waals surface area contributed by atoms with Crippen LogP contribution in [-0.4, -0.2) is 33.2 Å². The molecule has 0 radical (unpaired) electrons. The van der Waals surface area contributed by atoms with Crippen molar-refractivity contribution < 1.29 is 13.2 Å². The number of hydrogen-bond donors (Lipinski definition) is 1. The Kier molecular flexibility index (Phi) is 5.15. The van der Waals surface area contributed by atoms with Gasteiger partial charge in [0.05, 0.1) is 17.6 Å². The van der Waals surface area contributed by atoms with Crippen LogP contribution in [0.4, 0.5) is 11.4 Å². The van der Waals surface area contributed by atoms with Crippen molar-refractivity contribution in [3.05, 3.63) is 59.2 Å². The molecular weight excluding hydrogens is 362 g/mol. The van der Waals surface area contributed by atoms with Crippen molar-refractivity contribution in [2.75, 3.05) is 22.1 Å². The zero-order valence-electron chi connectivity index (χ0n) is 16.1. The summed E-state index contributed by atoms with van der Waals surface area (Å²) in [6, 6.07) is 13.0. The molecule has 0 aromatic heterocycles. The number of aryl methyl sites for hydroxylation is 1. The molecule has 0 fully saturated rings. The molecule has 0 aliphatic carbocycles. The van der Waals surface area contributed by atoms with E-state index in [1.807, 2.05) is 45.0 Å². The van der Waals surface area contributed by atoms with Crippen LogP contribution in [0.2, 0.25) is 0 Å². The van der Waals surface area contributed by atoms with Gasteiger partial charge >= 0.3 is 0 Å². The second-order valence-electron chi connectivity index (χ2n) is 6.98. The van der Waals surface area contributed by atoms with Crippen molar-refractivity contribution in [3.8, 4) is 0 Å². The van der Waals surface area contributed by atoms with Crippen LogP contribution in [0.1, 0.15) is 35.3 Å². The normalized spacial score (nSPS) is 16.1. The fraction of sp³-hybridized carbons (Fsp3) is 0.350. The fourth-order valence-electron chi connectivity index (χ4n) is 3.49. The summed E-state index contributed by atoms with van der Waals surface area (Å²) in [6.07, 6.45) is 1.80. The Balaban J connectivity index is 1.82. The molecule has 2 aromatic carbocycles. The van der Waals surface area contributed by atoms with Gasteiger partial charge in [-0.25, -0.2) is 8.42 Å². The topological polar surface area (TPSA) is 69.7 Å². The van der Waals surface area contributed by atoms with E-state index in [1.54, 1.807) is 23.2 Å². The minimum Gasteiger partial charge on any atom is -0.286 e. The Labute approximate surface area is 160 Å². The smallest absolute Gasteiger partial charge is 0.269 e. The highest BCUT2D eigenvalue weighted by atomic mass is 32.2. The Morgan fingerprint density at radius 2 is 1.89 bits per heavy atom. The van der Waals surface area contributed by atoms with E-state index in [9.17, 15) is 13.2 Å². The molecule has 3 rings (SSSR count). The van der Waals surface area contributed by atoms with Gasteiger partial charge in [0.2, 0.25) is 10.0 Å². The van der Waals surface area contributed by atoms with Crippen LogP contribution < -0.4 is 14.7 Å². The number of anilines is 2. The predicted octanol–water partition coefficient (Wildman–Crippen LogP) is 2.88. The minimum atomic E-state index is -3.34. The molecule has 1 heterocycles. The van der Waals surface area contributed by atoms with Gasteiger partial charge in [-0.2, -0.15) is 0 Å². The average Bonchev–Trinajstić information content (AvgIpc) is 2.95. The van der Waals surface area contributed by atoms with Gasteiger partial charge in [-0.3, -0.25) is 19.5 Å². The van der Waals surface area contributed by atoms with Crippen LogP contribution >= 0.6 is 0 Å². The van der Waals surface area contributed by atoms with Crippen molar-refractivity contribution >= 4 is 27.3 Å². The summed E-state index contributed by atoms with van der Waals surface area (Å²) in [6.45, 7) is 6.48. The van der Waals surface area contributed by atoms with E-state index in [1.165, 1.54) is 10.6 Å². The molecule has 1 aliphatic rings. The molecule has 0 spiro atoms. The van der Waals surface area contributed by atoms with Gasteiger partial charge in [-0.1, -0.05) is 17.7 Å². The molecule has 7 heteroatoms. The van der Waals surface area contributed by atoms with Gasteiger partial charge < -0.3 is 0 Å². The van der Waals surface area contributed by atoms with Gasteiger partial charge in [0.25, 0.3) is 5.91 Å². The van der Waals surface area contributed by atoms with Crippen molar-refractivity contribution in [3.63, 3.8) is 0 Å². The summed E-state index contributed by atoms with van der Waals surface area (Å²) >= 11 is 0. The number of benzene rings is 2. The zero-order chi connectivity index (χ0) is 19.8. The van der Waals surface area contributed by atoms with E-state index in [4.69, 9.17) is 0 Å². The van der Waals surface area contributed by atoms with Crippen LogP contribution in [-0.2, 0) is 16.4 Å². The second kappa shape index (κ2) is 7.23. The molecule has 0 saturated carbocycles. The highest BCUT2D eigenvalue weighted by Crippen LogP contribution is 2.34. The number of carbonyl (C=O) groups excluding carboxylic acids is 1. The van der Waals surface area contributed by atoms with Crippen molar-refractivity contribution in [1.29, 1.82) is 0 Å². The maximum Gasteiger partial charge on any atom is 0.269 e. The number of rotatable bonds is 5. The molecule has 144 valence electrons. The van der Waals surface area contributed by atoms with Crippen LogP contribution in [0.3, 0.4) is 0 Å². The van der Waals surface area contributed by atoms with Crippen molar-refractivity contribution in [2.45, 2.75) is 33.2 Å². The Morgan fingerprint density at radius 3 is 2.48 bits per heavy atom. The van der Waals surface area contributed by atoms with Gasteiger partial charge in [-0.05, 0) is 63.1 Å². The van der Waals surface area contributed by atoms with E-state index < -0.39 is 10.0 Å². The summed E-state index contributed by atoms with van der Waals surface area (Å²) in [5.74, 6) is -0.217. The Bertz CT molecular complexity index is 955. The highest BCUT2D eigenvalue weighted by Gasteiger charge is 2.32. The molecule has 1 atom stereocenters. The summed E-state index contributed by atoms with van der Waals surface area (Å²) in [4.78, 5) is 12.7. The number of nitrogens with one attached hydrogen (secondary N) is 1. The first-order chi connectivity index (χ1) is 12.7. The summed E-state index contributed by atoms with van der Waals surface area (Å²) < 4.78 is 25.5. The minimum absolute atomic E-state index is 0.145. The highest BCUT2D eigenvalue weighted by molar-refractivity contribution is 7.92. The van der Waals surface area contributed by atoms with Crippen LogP contribution in [0.25, 0.3) is 0 Å². The van der Waals surface area contributed by atoms with Gasteiger partial charge in [0.15, 0.2) is 0 Å². The molecule has 0 saturated heterocycles. The lowest BCUT2D eigenvalue weighted by Gasteiger charge is -2.24. The number of fused-ring (bicyclic) bond motifs is 1. The summed E-state index contributed by atoms with van der Waals surface area (Å²) in [7, 11) is -3.34. The second-order valence-corrected chi connectivity index (χ2v) is 8.84. The lowest BCUT2D eigenvalue weighted by molar-refractivity contribution is 0.0949. The standard InChI is InChI=1S/C20H25N3O3S/c1-5-22(18-9-6-14(2)7-10-18)21-20(24)16-8-11-19-17(13-16)12-15(3)23(19)27(4,25)26/h6-11,13,15H,5,12H2,1-4H3,(H,21,24)/t15-/m0/s1. The fourth-order valence-corrected chi connectivity index (χ4v) is 4.75. The molecule has 2 aromatic rings. The quantitative estimate of drug-likeness (QED) is 0.801. The zero-order valence-corrected chi connectivity index (χ0v) is 16.9. The Morgan fingerprint density at radius 1 is 1.22 bits per heavy atom. The van der Waals surface area contributed by atoms with E-state index in [-0.39, 0.29) is 11.9 Å². The van der Waals surface area contributed by atoms with Crippen molar-refractivity contribution in [1.82, 2.24) is 5.43 Å². The van der Waals surface area contributed by atoms with E-state index >= 15 is 0 Å². The number of hydrazine groups is 1. The Hall–Kier alpha value is -2.54. The van der Waals surface area contributed by atoms with E-state index in [0.717, 1.165) is 16.8 Å². The van der Waals surface area contributed by atoms with Crippen LogP contribution in [0, 0.1) is 6.92 Å². The number of sulfonamides is 1. The third-order valence-electron chi connectivity index (χ3n) is 4.75. The largest absolute Gasteiger partial charge is 0.286 e. The monoisotopic (exact) mass is 387 g/mol. The third-order valence-corrected chi connectivity index (χ3v) is 6.02. The maximum atomic E-state index is 12.7. The van der Waals surface area contributed by atoms with E-state index in [0.29, 0.717) is 24.2 Å². The molecule has 1 amide bonds. The molecule has 1 N–H and O–H groups in total. The summed E-state index contributed by atoms with van der Waals surface area (Å²) in [5.41, 5.74) is 7.04. The molecule has 1 aliphatic heterocycles. The first-order valence-corrected chi connectivity index (χ1v) is 10.8. The van der Waals surface area contributed by atoms with Gasteiger partial charge in [-0.15, -0.1) is 0 Å². The van der Waals surface area contributed by atoms with E-state index in [2.05, 4.69) is 5.43 Å². The molecule has 0 bridgehead atoms. The van der Waals surface area contributed by atoms with Gasteiger partial charge in [0, 0.05) is 18.2 Å². The number of nitrogens with zero attached hydrogens (tertiary/aromatic N) is 2. The average molecular weight is 388 g/mol. The SMILES string of the molecule is CCN(NC(=O)c1ccc2c(c1)C[C@H](C)N2S(C)(=O)=O)c1ccc(C)cc1. The molecule has 27 heavy (non-hydrogen) atoms. The third kappa shape index (κ3) is 3.93.